The van der Waals surface area contributed by atoms with Crippen molar-refractivity contribution in [1.29, 1.82) is 0 Å². The molecule has 0 aliphatic heterocycles. The van der Waals surface area contributed by atoms with E-state index >= 15 is 0 Å². The minimum atomic E-state index is -4.97. The maximum absolute atomic E-state index is 14.5. The number of nitrogens with zero attached hydrogens (tertiary/aromatic N) is 2. The number of aromatic nitrogens is 2. The molecule has 1 heterocycles. The van der Waals surface area contributed by atoms with Gasteiger partial charge in [0.25, 0.3) is 5.56 Å². The fourth-order valence-electron chi connectivity index (χ4n) is 2.42. The van der Waals surface area contributed by atoms with Crippen molar-refractivity contribution in [2.75, 3.05) is 20.8 Å². The van der Waals surface area contributed by atoms with E-state index in [0.717, 1.165) is 26.3 Å². The number of halogens is 5. The highest BCUT2D eigenvalue weighted by Crippen LogP contribution is 2.30. The van der Waals surface area contributed by atoms with Gasteiger partial charge in [0.15, 0.2) is 0 Å². The SMILES string of the molecule is COC(=O)/C=C(\COc1cc(-n2c(=O)cc(C(F)(F)F)n(C)c2=O)c(F)cc1Cl)OC. The molecule has 0 atom stereocenters. The van der Waals surface area contributed by atoms with E-state index < -0.39 is 40.6 Å². The zero-order valence-electron chi connectivity index (χ0n) is 16.3. The quantitative estimate of drug-likeness (QED) is 0.281. The molecule has 0 radical (unpaired) electrons. The lowest BCUT2D eigenvalue weighted by Gasteiger charge is -2.16. The van der Waals surface area contributed by atoms with Gasteiger partial charge in [0, 0.05) is 19.2 Å². The molecule has 0 fully saturated rings. The molecule has 1 aromatic carbocycles. The maximum atomic E-state index is 14.5. The van der Waals surface area contributed by atoms with Crippen molar-refractivity contribution in [3.8, 4) is 11.4 Å². The van der Waals surface area contributed by atoms with Crippen molar-refractivity contribution < 1.29 is 36.6 Å². The van der Waals surface area contributed by atoms with E-state index in [0.29, 0.717) is 6.07 Å². The van der Waals surface area contributed by atoms with Gasteiger partial charge in [-0.25, -0.2) is 18.5 Å². The number of carbonyl (C=O) groups excluding carboxylic acids is 1. The second-order valence-electron chi connectivity index (χ2n) is 5.90. The van der Waals surface area contributed by atoms with E-state index in [4.69, 9.17) is 21.1 Å². The topological polar surface area (TPSA) is 88.8 Å². The summed E-state index contributed by atoms with van der Waals surface area (Å²) in [6.07, 6.45) is -4.00. The second-order valence-corrected chi connectivity index (χ2v) is 6.31. The van der Waals surface area contributed by atoms with Gasteiger partial charge in [-0.3, -0.25) is 9.36 Å². The van der Waals surface area contributed by atoms with Crippen LogP contribution in [0.25, 0.3) is 5.69 Å². The number of benzene rings is 1. The Hall–Kier alpha value is -3.28. The average Bonchev–Trinajstić information content (AvgIpc) is 2.69. The Morgan fingerprint density at radius 2 is 1.81 bits per heavy atom. The summed E-state index contributed by atoms with van der Waals surface area (Å²) in [6.45, 7) is -0.379. The largest absolute Gasteiger partial charge is 0.497 e. The number of ether oxygens (including phenoxy) is 3. The highest BCUT2D eigenvalue weighted by Gasteiger charge is 2.35. The monoisotopic (exact) mass is 466 g/mol. The molecule has 0 aliphatic carbocycles. The predicted molar refractivity (Wildman–Crippen MR) is 99.9 cm³/mol. The first-order valence-corrected chi connectivity index (χ1v) is 8.63. The van der Waals surface area contributed by atoms with Gasteiger partial charge in [0.1, 0.15) is 29.6 Å². The smallest absolute Gasteiger partial charge is 0.431 e. The van der Waals surface area contributed by atoms with Gasteiger partial charge in [0.05, 0.1) is 31.0 Å². The lowest BCUT2D eigenvalue weighted by Crippen LogP contribution is -2.41. The molecule has 0 unspecified atom stereocenters. The van der Waals surface area contributed by atoms with Gasteiger partial charge in [-0.2, -0.15) is 13.2 Å². The molecule has 13 heteroatoms. The van der Waals surface area contributed by atoms with Crippen molar-refractivity contribution in [2.24, 2.45) is 7.05 Å². The van der Waals surface area contributed by atoms with Crippen LogP contribution in [0.2, 0.25) is 5.02 Å². The van der Waals surface area contributed by atoms with Crippen LogP contribution in [-0.4, -0.2) is 35.9 Å². The third kappa shape index (κ3) is 5.26. The molecule has 0 amide bonds. The molecular formula is C18H15ClF4N2O6. The van der Waals surface area contributed by atoms with Gasteiger partial charge in [-0.15, -0.1) is 0 Å². The number of methoxy groups -OCH3 is 2. The second kappa shape index (κ2) is 9.25. The van der Waals surface area contributed by atoms with E-state index in [2.05, 4.69) is 4.74 Å². The Morgan fingerprint density at radius 3 is 2.35 bits per heavy atom. The van der Waals surface area contributed by atoms with Gasteiger partial charge in [-0.1, -0.05) is 11.6 Å². The molecule has 1 aromatic heterocycles. The van der Waals surface area contributed by atoms with Crippen molar-refractivity contribution in [1.82, 2.24) is 9.13 Å². The summed E-state index contributed by atoms with van der Waals surface area (Å²) in [5.74, 6) is -2.14. The summed E-state index contributed by atoms with van der Waals surface area (Å²) in [4.78, 5) is 35.9. The van der Waals surface area contributed by atoms with Gasteiger partial charge in [0.2, 0.25) is 0 Å². The fraction of sp³-hybridized carbons (Fsp3) is 0.278. The van der Waals surface area contributed by atoms with Crippen molar-refractivity contribution >= 4 is 17.6 Å². The van der Waals surface area contributed by atoms with Crippen LogP contribution in [0.5, 0.6) is 5.75 Å². The van der Waals surface area contributed by atoms with Gasteiger partial charge in [-0.05, 0) is 6.07 Å². The molecule has 0 aliphatic rings. The van der Waals surface area contributed by atoms with Crippen LogP contribution in [0, 0.1) is 5.82 Å². The summed E-state index contributed by atoms with van der Waals surface area (Å²) in [5, 5.41) is -0.272. The van der Waals surface area contributed by atoms with Crippen LogP contribution < -0.4 is 16.0 Å². The predicted octanol–water partition coefficient (Wildman–Crippen LogP) is 2.43. The molecular weight excluding hydrogens is 452 g/mol. The number of hydrogen-bond acceptors (Lipinski definition) is 6. The summed E-state index contributed by atoms with van der Waals surface area (Å²) in [6, 6.07) is 1.74. The minimum Gasteiger partial charge on any atom is -0.497 e. The van der Waals surface area contributed by atoms with Crippen molar-refractivity contribution in [3.63, 3.8) is 0 Å². The zero-order chi connectivity index (χ0) is 23.5. The van der Waals surface area contributed by atoms with E-state index in [-0.39, 0.29) is 38.3 Å². The Labute approximate surface area is 176 Å². The Balaban J connectivity index is 2.55. The number of alkyl halides is 3. The van der Waals surface area contributed by atoms with Crippen molar-refractivity contribution in [3.05, 3.63) is 67.4 Å². The van der Waals surface area contributed by atoms with E-state index in [9.17, 15) is 31.9 Å². The first-order chi connectivity index (χ1) is 14.4. The van der Waals surface area contributed by atoms with Crippen molar-refractivity contribution in [2.45, 2.75) is 6.18 Å². The fourth-order valence-corrected chi connectivity index (χ4v) is 2.62. The minimum absolute atomic E-state index is 0.00333. The van der Waals surface area contributed by atoms with Gasteiger partial charge < -0.3 is 14.2 Å². The number of rotatable bonds is 6. The first-order valence-electron chi connectivity index (χ1n) is 8.25. The number of esters is 1. The Morgan fingerprint density at radius 1 is 1.16 bits per heavy atom. The van der Waals surface area contributed by atoms with E-state index in [1.807, 2.05) is 0 Å². The van der Waals surface area contributed by atoms with Crippen LogP contribution in [0.1, 0.15) is 5.69 Å². The normalized spacial score (nSPS) is 11.9. The van der Waals surface area contributed by atoms with Crippen LogP contribution >= 0.6 is 11.6 Å². The molecule has 2 rings (SSSR count). The van der Waals surface area contributed by atoms with Gasteiger partial charge >= 0.3 is 17.8 Å². The average molecular weight is 467 g/mol. The van der Waals surface area contributed by atoms with Crippen LogP contribution in [0.3, 0.4) is 0 Å². The van der Waals surface area contributed by atoms with Crippen LogP contribution in [0.15, 0.2) is 39.6 Å². The molecule has 8 nitrogen and oxygen atoms in total. The third-order valence-corrected chi connectivity index (χ3v) is 4.26. The number of hydrogen-bond donors (Lipinski definition) is 0. The summed E-state index contributed by atoms with van der Waals surface area (Å²) in [5.41, 5.74) is -5.03. The van der Waals surface area contributed by atoms with E-state index in [1.54, 1.807) is 0 Å². The van der Waals surface area contributed by atoms with E-state index in [1.165, 1.54) is 7.11 Å². The highest BCUT2D eigenvalue weighted by atomic mass is 35.5. The molecule has 0 spiro atoms. The lowest BCUT2D eigenvalue weighted by molar-refractivity contribution is -0.144. The Bertz CT molecular complexity index is 1150. The van der Waals surface area contributed by atoms with Crippen LogP contribution in [0.4, 0.5) is 17.6 Å². The third-order valence-electron chi connectivity index (χ3n) is 3.96. The molecule has 0 saturated heterocycles. The molecule has 168 valence electrons. The summed E-state index contributed by atoms with van der Waals surface area (Å²) >= 11 is 5.91. The highest BCUT2D eigenvalue weighted by molar-refractivity contribution is 6.32. The Kier molecular flexibility index (Phi) is 7.16. The maximum Gasteiger partial charge on any atom is 0.431 e. The first kappa shape index (κ1) is 24.0. The molecule has 0 bridgehead atoms. The van der Waals surface area contributed by atoms with Crippen LogP contribution in [-0.2, 0) is 27.5 Å². The summed E-state index contributed by atoms with van der Waals surface area (Å²) < 4.78 is 68.5. The summed E-state index contributed by atoms with van der Waals surface area (Å²) in [7, 11) is 3.16. The molecule has 0 saturated carbocycles. The zero-order valence-corrected chi connectivity index (χ0v) is 17.0. The lowest BCUT2D eigenvalue weighted by atomic mass is 10.2. The molecule has 0 N–H and O–H groups in total. The standard InChI is InChI=1S/C18H15ClF4N2O6/c1-24-14(18(21,22)23)7-15(26)25(17(24)28)12-6-13(10(19)5-11(12)20)31-8-9(29-2)4-16(27)30-3/h4-7H,8H2,1-3H3/b9-4+. The molecule has 31 heavy (non-hydrogen) atoms. The number of carbonyl (C=O) groups is 1. The molecule has 2 aromatic rings.